The molecule has 3 aromatic rings. The van der Waals surface area contributed by atoms with Crippen LogP contribution in [0.2, 0.25) is 10.0 Å². The Kier molecular flexibility index (Phi) is 8.94. The number of alkyl halides is 3. The predicted molar refractivity (Wildman–Crippen MR) is 119 cm³/mol. The van der Waals surface area contributed by atoms with Crippen LogP contribution >= 0.6 is 23.2 Å². The molecule has 0 aliphatic heterocycles. The number of halogens is 5. The summed E-state index contributed by atoms with van der Waals surface area (Å²) in [5.41, 5.74) is -2.79. The van der Waals surface area contributed by atoms with Crippen molar-refractivity contribution in [2.75, 3.05) is 0 Å². The van der Waals surface area contributed by atoms with Crippen LogP contribution in [0, 0.1) is 0 Å². The molecule has 32 heavy (non-hydrogen) atoms. The Bertz CT molecular complexity index is 1110. The molecule has 0 bridgehead atoms. The predicted octanol–water partition coefficient (Wildman–Crippen LogP) is 5.42. The first-order valence-electron chi connectivity index (χ1n) is 8.99. The summed E-state index contributed by atoms with van der Waals surface area (Å²) in [5.74, 6) is 7.43. The van der Waals surface area contributed by atoms with Crippen molar-refractivity contribution in [2.45, 2.75) is 17.8 Å². The van der Waals surface area contributed by atoms with Crippen LogP contribution in [0.15, 0.2) is 72.8 Å². The zero-order valence-electron chi connectivity index (χ0n) is 16.4. The van der Waals surface area contributed by atoms with Crippen molar-refractivity contribution in [1.29, 1.82) is 0 Å². The SMILES string of the molecule is NN.O=S(=O)(Oc1ccc(C(Cc2ccc(Cl)cc2)c2ccc(Cl)cc2)cc1)C(F)(F)F. The highest BCUT2D eigenvalue weighted by atomic mass is 35.5. The average molecular weight is 507 g/mol. The Labute approximate surface area is 193 Å². The number of hydrogen-bond acceptors (Lipinski definition) is 5. The fourth-order valence-electron chi connectivity index (χ4n) is 2.91. The Hall–Kier alpha value is -2.30. The second-order valence-corrected chi connectivity index (χ2v) is 8.90. The molecule has 0 radical (unpaired) electrons. The molecule has 0 aliphatic rings. The normalized spacial score (nSPS) is 12.5. The van der Waals surface area contributed by atoms with E-state index in [4.69, 9.17) is 23.2 Å². The lowest BCUT2D eigenvalue weighted by Gasteiger charge is -2.19. The van der Waals surface area contributed by atoms with Gasteiger partial charge >= 0.3 is 15.6 Å². The van der Waals surface area contributed by atoms with Crippen LogP contribution in [-0.2, 0) is 16.5 Å². The molecule has 0 saturated carbocycles. The van der Waals surface area contributed by atoms with E-state index in [1.807, 2.05) is 24.3 Å². The van der Waals surface area contributed by atoms with E-state index < -0.39 is 21.4 Å². The summed E-state index contributed by atoms with van der Waals surface area (Å²) in [7, 11) is -5.72. The van der Waals surface area contributed by atoms with Crippen LogP contribution in [0.4, 0.5) is 13.2 Å². The van der Waals surface area contributed by atoms with Crippen LogP contribution < -0.4 is 15.9 Å². The van der Waals surface area contributed by atoms with Gasteiger partial charge in [-0.2, -0.15) is 21.6 Å². The number of benzene rings is 3. The van der Waals surface area contributed by atoms with Crippen LogP contribution in [0.25, 0.3) is 0 Å². The Balaban J connectivity index is 0.00000176. The third kappa shape index (κ3) is 6.85. The van der Waals surface area contributed by atoms with Gasteiger partial charge in [0, 0.05) is 16.0 Å². The van der Waals surface area contributed by atoms with Gasteiger partial charge in [-0.25, -0.2) is 0 Å². The molecule has 0 amide bonds. The van der Waals surface area contributed by atoms with Crippen molar-refractivity contribution in [3.63, 3.8) is 0 Å². The van der Waals surface area contributed by atoms with Crippen molar-refractivity contribution in [2.24, 2.45) is 11.7 Å². The minimum absolute atomic E-state index is 0.156. The number of hydrogen-bond donors (Lipinski definition) is 2. The minimum Gasteiger partial charge on any atom is -0.376 e. The van der Waals surface area contributed by atoms with E-state index in [1.165, 1.54) is 24.3 Å². The zero-order chi connectivity index (χ0) is 23.9. The molecule has 3 aromatic carbocycles. The molecule has 11 heteroatoms. The second-order valence-electron chi connectivity index (χ2n) is 6.49. The summed E-state index contributed by atoms with van der Waals surface area (Å²) in [6.45, 7) is 0. The Morgan fingerprint density at radius 3 is 1.62 bits per heavy atom. The van der Waals surface area contributed by atoms with Crippen molar-refractivity contribution >= 4 is 33.3 Å². The summed E-state index contributed by atoms with van der Waals surface area (Å²) in [5, 5.41) is 1.18. The van der Waals surface area contributed by atoms with E-state index in [0.717, 1.165) is 16.7 Å². The van der Waals surface area contributed by atoms with Gasteiger partial charge in [0.05, 0.1) is 0 Å². The lowest BCUT2D eigenvalue weighted by molar-refractivity contribution is -0.0500. The number of nitrogens with two attached hydrogens (primary N) is 2. The molecule has 3 rings (SSSR count). The smallest absolute Gasteiger partial charge is 0.376 e. The summed E-state index contributed by atoms with van der Waals surface area (Å²) in [6.07, 6.45) is 0.583. The Morgan fingerprint density at radius 2 is 1.19 bits per heavy atom. The fraction of sp³-hybridized carbons (Fsp3) is 0.143. The number of hydrazine groups is 1. The van der Waals surface area contributed by atoms with Crippen LogP contribution in [0.5, 0.6) is 5.75 Å². The topological polar surface area (TPSA) is 95.4 Å². The van der Waals surface area contributed by atoms with Crippen LogP contribution in [0.1, 0.15) is 22.6 Å². The molecule has 0 fully saturated rings. The molecule has 172 valence electrons. The summed E-state index contributed by atoms with van der Waals surface area (Å²) in [4.78, 5) is 0. The maximum absolute atomic E-state index is 12.5. The molecular formula is C21H19Cl2F3N2O3S. The minimum atomic E-state index is -5.72. The molecule has 0 heterocycles. The highest BCUT2D eigenvalue weighted by molar-refractivity contribution is 7.88. The monoisotopic (exact) mass is 506 g/mol. The average Bonchev–Trinajstić information content (AvgIpc) is 2.75. The van der Waals surface area contributed by atoms with Crippen molar-refractivity contribution < 1.29 is 25.8 Å². The zero-order valence-corrected chi connectivity index (χ0v) is 18.7. The molecule has 0 aromatic heterocycles. The molecule has 5 nitrogen and oxygen atoms in total. The lowest BCUT2D eigenvalue weighted by Crippen LogP contribution is -2.28. The van der Waals surface area contributed by atoms with Gasteiger partial charge < -0.3 is 4.18 Å². The van der Waals surface area contributed by atoms with Gasteiger partial charge in [-0.3, -0.25) is 11.7 Å². The first-order chi connectivity index (χ1) is 15.0. The highest BCUT2D eigenvalue weighted by Crippen LogP contribution is 2.32. The molecule has 4 N–H and O–H groups in total. The molecule has 0 aliphatic carbocycles. The van der Waals surface area contributed by atoms with Gasteiger partial charge in [-0.05, 0) is 59.5 Å². The van der Waals surface area contributed by atoms with Crippen molar-refractivity contribution in [3.8, 4) is 5.75 Å². The maximum atomic E-state index is 12.5. The molecule has 1 atom stereocenters. The number of rotatable bonds is 6. The van der Waals surface area contributed by atoms with Gasteiger partial charge in [0.15, 0.2) is 0 Å². The van der Waals surface area contributed by atoms with Crippen LogP contribution in [-0.4, -0.2) is 13.9 Å². The van der Waals surface area contributed by atoms with Crippen molar-refractivity contribution in [3.05, 3.63) is 99.5 Å². The molecule has 1 unspecified atom stereocenters. The highest BCUT2D eigenvalue weighted by Gasteiger charge is 2.48. The fourth-order valence-corrected chi connectivity index (χ4v) is 3.62. The third-order valence-corrected chi connectivity index (χ3v) is 5.88. The first kappa shape index (κ1) is 26.0. The van der Waals surface area contributed by atoms with Gasteiger partial charge in [-0.15, -0.1) is 0 Å². The standard InChI is InChI=1S/C21H15Cl2F3O3S.H4N2/c22-17-7-1-14(2-8-17)13-20(15-3-9-18(23)10-4-15)16-5-11-19(12-6-16)29-30(27,28)21(24,25)26;1-2/h1-12,20H,13H2;1-2H2. The second kappa shape index (κ2) is 11.0. The van der Waals surface area contributed by atoms with E-state index in [-0.39, 0.29) is 5.92 Å². The third-order valence-electron chi connectivity index (χ3n) is 4.40. The molecule has 0 saturated heterocycles. The van der Waals surface area contributed by atoms with Crippen molar-refractivity contribution in [1.82, 2.24) is 0 Å². The van der Waals surface area contributed by atoms with E-state index >= 15 is 0 Å². The van der Waals surface area contributed by atoms with Gasteiger partial charge in [-0.1, -0.05) is 59.6 Å². The lowest BCUT2D eigenvalue weighted by atomic mass is 9.86. The van der Waals surface area contributed by atoms with Crippen LogP contribution in [0.3, 0.4) is 0 Å². The van der Waals surface area contributed by atoms with Gasteiger partial charge in [0.2, 0.25) is 0 Å². The largest absolute Gasteiger partial charge is 0.534 e. The Morgan fingerprint density at radius 1 is 0.781 bits per heavy atom. The van der Waals surface area contributed by atoms with E-state index in [1.54, 1.807) is 24.3 Å². The summed E-state index contributed by atoms with van der Waals surface area (Å²) >= 11 is 11.9. The summed E-state index contributed by atoms with van der Waals surface area (Å²) in [6, 6.07) is 20.0. The maximum Gasteiger partial charge on any atom is 0.534 e. The van der Waals surface area contributed by atoms with E-state index in [2.05, 4.69) is 15.9 Å². The molecular weight excluding hydrogens is 488 g/mol. The van der Waals surface area contributed by atoms with E-state index in [0.29, 0.717) is 16.5 Å². The molecule has 0 spiro atoms. The van der Waals surface area contributed by atoms with Gasteiger partial charge in [0.25, 0.3) is 0 Å². The van der Waals surface area contributed by atoms with Gasteiger partial charge in [0.1, 0.15) is 5.75 Å². The van der Waals surface area contributed by atoms with E-state index in [9.17, 15) is 21.6 Å². The summed E-state index contributed by atoms with van der Waals surface area (Å²) < 4.78 is 64.1. The first-order valence-corrected chi connectivity index (χ1v) is 11.2. The quantitative estimate of drug-likeness (QED) is 0.201.